The Hall–Kier alpha value is -1.06. The molecular formula is C15H25NO2. The molecule has 0 aliphatic carbocycles. The number of ether oxygens (including phenoxy) is 1. The van der Waals surface area contributed by atoms with Crippen molar-refractivity contribution in [3.8, 4) is 5.75 Å². The summed E-state index contributed by atoms with van der Waals surface area (Å²) >= 11 is 0. The number of hydrogen-bond donors (Lipinski definition) is 1. The lowest BCUT2D eigenvalue weighted by molar-refractivity contribution is 0.223. The number of aliphatic hydroxyl groups is 1. The molecule has 0 spiro atoms. The first kappa shape index (κ1) is 15.0. The Labute approximate surface area is 110 Å². The third-order valence-electron chi connectivity index (χ3n) is 3.65. The molecule has 0 aromatic heterocycles. The number of rotatable bonds is 6. The zero-order chi connectivity index (χ0) is 13.7. The molecule has 0 unspecified atom stereocenters. The lowest BCUT2D eigenvalue weighted by Crippen LogP contribution is -2.25. The van der Waals surface area contributed by atoms with E-state index in [1.165, 1.54) is 22.3 Å². The number of hydrogen-bond acceptors (Lipinski definition) is 3. The molecule has 0 heterocycles. The summed E-state index contributed by atoms with van der Waals surface area (Å²) in [7, 11) is 3.76. The summed E-state index contributed by atoms with van der Waals surface area (Å²) in [5, 5.41) is 8.90. The molecule has 0 atom stereocenters. The molecule has 0 aliphatic heterocycles. The van der Waals surface area contributed by atoms with Gasteiger partial charge in [-0.25, -0.2) is 0 Å². The highest BCUT2D eigenvalue weighted by atomic mass is 16.5. The normalized spacial score (nSPS) is 11.1. The van der Waals surface area contributed by atoms with Crippen LogP contribution in [0.15, 0.2) is 6.07 Å². The van der Waals surface area contributed by atoms with Crippen molar-refractivity contribution in [1.82, 2.24) is 4.90 Å². The Morgan fingerprint density at radius 1 is 1.17 bits per heavy atom. The lowest BCUT2D eigenvalue weighted by atomic mass is 9.95. The zero-order valence-electron chi connectivity index (χ0n) is 12.2. The third-order valence-corrected chi connectivity index (χ3v) is 3.65. The third kappa shape index (κ3) is 3.47. The van der Waals surface area contributed by atoms with Gasteiger partial charge in [-0.05, 0) is 62.6 Å². The maximum Gasteiger partial charge on any atom is 0.122 e. The number of methoxy groups -OCH3 is 1. The second-order valence-electron chi connectivity index (χ2n) is 4.90. The predicted octanol–water partition coefficient (Wildman–Crippen LogP) is 2.09. The maximum absolute atomic E-state index is 8.90. The van der Waals surface area contributed by atoms with Gasteiger partial charge in [0.2, 0.25) is 0 Å². The van der Waals surface area contributed by atoms with Crippen molar-refractivity contribution in [3.05, 3.63) is 28.3 Å². The monoisotopic (exact) mass is 251 g/mol. The number of likely N-dealkylation sites (N-methyl/N-ethyl adjacent to an activating group) is 1. The Balaban J connectivity index is 2.86. The van der Waals surface area contributed by atoms with Crippen molar-refractivity contribution in [2.45, 2.75) is 27.2 Å². The van der Waals surface area contributed by atoms with E-state index >= 15 is 0 Å². The molecule has 18 heavy (non-hydrogen) atoms. The summed E-state index contributed by atoms with van der Waals surface area (Å²) in [5.74, 6) is 0.970. The van der Waals surface area contributed by atoms with E-state index in [9.17, 15) is 0 Å². The van der Waals surface area contributed by atoms with Crippen LogP contribution in [-0.4, -0.2) is 43.9 Å². The van der Waals surface area contributed by atoms with E-state index in [2.05, 4.69) is 31.7 Å². The van der Waals surface area contributed by atoms with Gasteiger partial charge in [0.15, 0.2) is 0 Å². The Morgan fingerprint density at radius 3 is 2.39 bits per heavy atom. The summed E-state index contributed by atoms with van der Waals surface area (Å²) in [6.45, 7) is 8.31. The summed E-state index contributed by atoms with van der Waals surface area (Å²) in [6, 6.07) is 2.11. The van der Waals surface area contributed by atoms with Crippen LogP contribution in [0.3, 0.4) is 0 Å². The van der Waals surface area contributed by atoms with Gasteiger partial charge in [0.05, 0.1) is 13.7 Å². The molecular weight excluding hydrogens is 226 g/mol. The van der Waals surface area contributed by atoms with Crippen molar-refractivity contribution >= 4 is 0 Å². The number of aliphatic hydroxyl groups excluding tert-OH is 1. The quantitative estimate of drug-likeness (QED) is 0.840. The van der Waals surface area contributed by atoms with E-state index in [-0.39, 0.29) is 6.61 Å². The summed E-state index contributed by atoms with van der Waals surface area (Å²) in [4.78, 5) is 2.15. The van der Waals surface area contributed by atoms with Crippen molar-refractivity contribution in [2.24, 2.45) is 0 Å². The van der Waals surface area contributed by atoms with E-state index in [0.717, 1.165) is 25.3 Å². The van der Waals surface area contributed by atoms with Crippen molar-refractivity contribution in [2.75, 3.05) is 33.9 Å². The SMILES string of the molecule is COc1cc(C)c(CCN(C)CCO)c(C)c1C. The van der Waals surface area contributed by atoms with Crippen LogP contribution in [0.5, 0.6) is 5.75 Å². The minimum absolute atomic E-state index is 0.218. The highest BCUT2D eigenvalue weighted by molar-refractivity contribution is 5.48. The molecule has 1 rings (SSSR count). The minimum Gasteiger partial charge on any atom is -0.496 e. The van der Waals surface area contributed by atoms with Crippen LogP contribution in [0, 0.1) is 20.8 Å². The molecule has 0 bridgehead atoms. The first-order chi connectivity index (χ1) is 8.51. The van der Waals surface area contributed by atoms with Crippen molar-refractivity contribution in [3.63, 3.8) is 0 Å². The summed E-state index contributed by atoms with van der Waals surface area (Å²) in [5.41, 5.74) is 5.23. The standard InChI is InChI=1S/C15H25NO2/c1-11-10-15(18-5)13(3)12(2)14(11)6-7-16(4)8-9-17/h10,17H,6-9H2,1-5H3. The molecule has 0 aliphatic rings. The summed E-state index contributed by atoms with van der Waals surface area (Å²) in [6.07, 6.45) is 1.01. The molecule has 1 aromatic carbocycles. The molecule has 3 heteroatoms. The van der Waals surface area contributed by atoms with Crippen LogP contribution in [0.4, 0.5) is 0 Å². The van der Waals surface area contributed by atoms with Gasteiger partial charge in [-0.2, -0.15) is 0 Å². The van der Waals surface area contributed by atoms with Crippen LogP contribution in [-0.2, 0) is 6.42 Å². The predicted molar refractivity (Wildman–Crippen MR) is 75.5 cm³/mol. The highest BCUT2D eigenvalue weighted by Crippen LogP contribution is 2.27. The molecule has 0 saturated heterocycles. The summed E-state index contributed by atoms with van der Waals surface area (Å²) < 4.78 is 5.38. The van der Waals surface area contributed by atoms with Crippen LogP contribution >= 0.6 is 0 Å². The van der Waals surface area contributed by atoms with E-state index in [1.807, 2.05) is 7.05 Å². The minimum atomic E-state index is 0.218. The molecule has 102 valence electrons. The topological polar surface area (TPSA) is 32.7 Å². The Bertz CT molecular complexity index is 402. The number of benzene rings is 1. The smallest absolute Gasteiger partial charge is 0.122 e. The Morgan fingerprint density at radius 2 is 1.83 bits per heavy atom. The van der Waals surface area contributed by atoms with E-state index in [1.54, 1.807) is 7.11 Å². The van der Waals surface area contributed by atoms with Crippen LogP contribution in [0.2, 0.25) is 0 Å². The van der Waals surface area contributed by atoms with Gasteiger partial charge < -0.3 is 14.7 Å². The van der Waals surface area contributed by atoms with Gasteiger partial charge in [-0.1, -0.05) is 0 Å². The van der Waals surface area contributed by atoms with E-state index in [4.69, 9.17) is 9.84 Å². The first-order valence-corrected chi connectivity index (χ1v) is 6.44. The van der Waals surface area contributed by atoms with E-state index < -0.39 is 0 Å². The van der Waals surface area contributed by atoms with Crippen LogP contribution < -0.4 is 4.74 Å². The molecule has 0 fully saturated rings. The molecule has 3 nitrogen and oxygen atoms in total. The van der Waals surface area contributed by atoms with Gasteiger partial charge in [-0.15, -0.1) is 0 Å². The first-order valence-electron chi connectivity index (χ1n) is 6.44. The lowest BCUT2D eigenvalue weighted by Gasteiger charge is -2.19. The fourth-order valence-electron chi connectivity index (χ4n) is 2.28. The average Bonchev–Trinajstić information content (AvgIpc) is 2.34. The molecule has 0 saturated carbocycles. The zero-order valence-corrected chi connectivity index (χ0v) is 12.2. The van der Waals surface area contributed by atoms with Gasteiger partial charge in [0.1, 0.15) is 5.75 Å². The fourth-order valence-corrected chi connectivity index (χ4v) is 2.28. The molecule has 1 N–H and O–H groups in total. The fraction of sp³-hybridized carbons (Fsp3) is 0.600. The van der Waals surface area contributed by atoms with Gasteiger partial charge in [0.25, 0.3) is 0 Å². The number of nitrogens with zero attached hydrogens (tertiary/aromatic N) is 1. The Kier molecular flexibility index (Phi) is 5.63. The molecule has 0 radical (unpaired) electrons. The maximum atomic E-state index is 8.90. The van der Waals surface area contributed by atoms with E-state index in [0.29, 0.717) is 0 Å². The van der Waals surface area contributed by atoms with Crippen molar-refractivity contribution < 1.29 is 9.84 Å². The van der Waals surface area contributed by atoms with Gasteiger partial charge in [-0.3, -0.25) is 0 Å². The highest BCUT2D eigenvalue weighted by Gasteiger charge is 2.11. The number of aryl methyl sites for hydroxylation is 1. The van der Waals surface area contributed by atoms with Crippen LogP contribution in [0.25, 0.3) is 0 Å². The van der Waals surface area contributed by atoms with Gasteiger partial charge >= 0.3 is 0 Å². The van der Waals surface area contributed by atoms with Crippen molar-refractivity contribution in [1.29, 1.82) is 0 Å². The second kappa shape index (κ2) is 6.76. The largest absolute Gasteiger partial charge is 0.496 e. The van der Waals surface area contributed by atoms with Gasteiger partial charge in [0, 0.05) is 13.1 Å². The molecule has 1 aromatic rings. The van der Waals surface area contributed by atoms with Crippen LogP contribution in [0.1, 0.15) is 22.3 Å². The average molecular weight is 251 g/mol. The molecule has 0 amide bonds. The second-order valence-corrected chi connectivity index (χ2v) is 4.90.